The summed E-state index contributed by atoms with van der Waals surface area (Å²) in [7, 11) is 0. The zero-order chi connectivity index (χ0) is 15.4. The van der Waals surface area contributed by atoms with Crippen LogP contribution in [0.2, 0.25) is 0 Å². The molecule has 0 bridgehead atoms. The standard InChI is InChI=1S/C19H26O2/c1-4-5-8-15-14-9-6-7-10-16(14)19(21)12-17(15)18(20)11-13(2)3/h6-7,9-10,12-13,18,20-21H,4-5,8,11H2,1-3H3. The van der Waals surface area contributed by atoms with E-state index in [4.69, 9.17) is 0 Å². The summed E-state index contributed by atoms with van der Waals surface area (Å²) >= 11 is 0. The maximum absolute atomic E-state index is 10.5. The Labute approximate surface area is 127 Å². The van der Waals surface area contributed by atoms with Gasteiger partial charge in [-0.15, -0.1) is 0 Å². The predicted molar refractivity (Wildman–Crippen MR) is 88.6 cm³/mol. The van der Waals surface area contributed by atoms with Crippen molar-refractivity contribution in [3.8, 4) is 5.75 Å². The van der Waals surface area contributed by atoms with Crippen molar-refractivity contribution in [2.45, 2.75) is 52.6 Å². The van der Waals surface area contributed by atoms with Crippen LogP contribution in [0, 0.1) is 5.92 Å². The van der Waals surface area contributed by atoms with Gasteiger partial charge in [0.05, 0.1) is 6.10 Å². The zero-order valence-corrected chi connectivity index (χ0v) is 13.3. The second-order valence-electron chi connectivity index (χ2n) is 6.26. The maximum atomic E-state index is 10.5. The number of rotatable bonds is 6. The number of aliphatic hydroxyl groups is 1. The van der Waals surface area contributed by atoms with Crippen LogP contribution in [0.15, 0.2) is 30.3 Å². The molecule has 0 radical (unpaired) electrons. The molecule has 2 aromatic carbocycles. The first-order valence-electron chi connectivity index (χ1n) is 7.96. The lowest BCUT2D eigenvalue weighted by Crippen LogP contribution is -2.06. The van der Waals surface area contributed by atoms with Crippen LogP contribution in [-0.2, 0) is 6.42 Å². The molecule has 0 aromatic heterocycles. The third kappa shape index (κ3) is 3.56. The van der Waals surface area contributed by atoms with Crippen LogP contribution in [0.3, 0.4) is 0 Å². The van der Waals surface area contributed by atoms with E-state index in [-0.39, 0.29) is 5.75 Å². The second-order valence-corrected chi connectivity index (χ2v) is 6.26. The third-order valence-corrected chi connectivity index (χ3v) is 4.00. The highest BCUT2D eigenvalue weighted by Gasteiger charge is 2.18. The van der Waals surface area contributed by atoms with Gasteiger partial charge in [-0.1, -0.05) is 51.5 Å². The number of benzene rings is 2. The average molecular weight is 286 g/mol. The molecule has 0 aliphatic heterocycles. The first kappa shape index (κ1) is 15.8. The Morgan fingerprint density at radius 3 is 2.38 bits per heavy atom. The highest BCUT2D eigenvalue weighted by molar-refractivity contribution is 5.92. The molecule has 2 nitrogen and oxygen atoms in total. The number of aryl methyl sites for hydroxylation is 1. The molecule has 0 spiro atoms. The molecular formula is C19H26O2. The fraction of sp³-hybridized carbons (Fsp3) is 0.474. The van der Waals surface area contributed by atoms with Gasteiger partial charge in [-0.2, -0.15) is 0 Å². The van der Waals surface area contributed by atoms with Gasteiger partial charge in [-0.05, 0) is 47.8 Å². The molecule has 0 heterocycles. The van der Waals surface area contributed by atoms with Crippen molar-refractivity contribution in [1.82, 2.24) is 0 Å². The van der Waals surface area contributed by atoms with Crippen LogP contribution in [0.25, 0.3) is 10.8 Å². The van der Waals surface area contributed by atoms with Gasteiger partial charge in [0, 0.05) is 5.39 Å². The van der Waals surface area contributed by atoms with E-state index in [2.05, 4.69) is 20.8 Å². The van der Waals surface area contributed by atoms with Gasteiger partial charge in [0.1, 0.15) is 5.75 Å². The quantitative estimate of drug-likeness (QED) is 0.787. The fourth-order valence-electron chi connectivity index (χ4n) is 2.94. The number of phenolic OH excluding ortho intramolecular Hbond substituents is 1. The smallest absolute Gasteiger partial charge is 0.123 e. The van der Waals surface area contributed by atoms with Crippen molar-refractivity contribution in [1.29, 1.82) is 0 Å². The Morgan fingerprint density at radius 2 is 1.76 bits per heavy atom. The summed E-state index contributed by atoms with van der Waals surface area (Å²) in [6.45, 7) is 6.39. The normalized spacial score (nSPS) is 13.0. The van der Waals surface area contributed by atoms with Crippen LogP contribution in [0.1, 0.15) is 57.3 Å². The minimum absolute atomic E-state index is 0.267. The van der Waals surface area contributed by atoms with Gasteiger partial charge >= 0.3 is 0 Å². The van der Waals surface area contributed by atoms with Crippen molar-refractivity contribution in [3.63, 3.8) is 0 Å². The summed E-state index contributed by atoms with van der Waals surface area (Å²) in [5.41, 5.74) is 2.09. The van der Waals surface area contributed by atoms with Gasteiger partial charge in [0.25, 0.3) is 0 Å². The van der Waals surface area contributed by atoms with E-state index in [9.17, 15) is 10.2 Å². The maximum Gasteiger partial charge on any atom is 0.123 e. The second kappa shape index (κ2) is 6.95. The van der Waals surface area contributed by atoms with Crippen molar-refractivity contribution < 1.29 is 10.2 Å². The molecule has 2 aromatic rings. The molecule has 0 saturated carbocycles. The van der Waals surface area contributed by atoms with E-state index in [1.54, 1.807) is 6.07 Å². The fourth-order valence-corrected chi connectivity index (χ4v) is 2.94. The number of fused-ring (bicyclic) bond motifs is 1. The summed E-state index contributed by atoms with van der Waals surface area (Å²) in [6.07, 6.45) is 3.37. The highest BCUT2D eigenvalue weighted by atomic mass is 16.3. The predicted octanol–water partition coefficient (Wildman–Crippen LogP) is 4.97. The number of unbranched alkanes of at least 4 members (excludes halogenated alkanes) is 1. The van der Waals surface area contributed by atoms with Crippen LogP contribution >= 0.6 is 0 Å². The molecule has 2 rings (SSSR count). The number of hydrogen-bond donors (Lipinski definition) is 2. The average Bonchev–Trinajstić information content (AvgIpc) is 2.45. The van der Waals surface area contributed by atoms with E-state index in [1.165, 1.54) is 5.56 Å². The molecular weight excluding hydrogens is 260 g/mol. The highest BCUT2D eigenvalue weighted by Crippen LogP contribution is 2.36. The summed E-state index contributed by atoms with van der Waals surface area (Å²) < 4.78 is 0. The topological polar surface area (TPSA) is 40.5 Å². The zero-order valence-electron chi connectivity index (χ0n) is 13.3. The summed E-state index contributed by atoms with van der Waals surface area (Å²) in [4.78, 5) is 0. The number of aromatic hydroxyl groups is 1. The summed E-state index contributed by atoms with van der Waals surface area (Å²) in [6, 6.07) is 9.69. The Bertz CT molecular complexity index is 602. The minimum atomic E-state index is -0.507. The molecule has 1 unspecified atom stereocenters. The Balaban J connectivity index is 2.56. The largest absolute Gasteiger partial charge is 0.507 e. The van der Waals surface area contributed by atoms with Crippen molar-refractivity contribution in [2.75, 3.05) is 0 Å². The van der Waals surface area contributed by atoms with E-state index in [1.807, 2.05) is 24.3 Å². The lowest BCUT2D eigenvalue weighted by molar-refractivity contribution is 0.150. The van der Waals surface area contributed by atoms with E-state index in [0.29, 0.717) is 5.92 Å². The molecule has 114 valence electrons. The lowest BCUT2D eigenvalue weighted by atomic mass is 9.89. The van der Waals surface area contributed by atoms with Gasteiger partial charge in [0.15, 0.2) is 0 Å². The van der Waals surface area contributed by atoms with E-state index >= 15 is 0 Å². The molecule has 2 N–H and O–H groups in total. The van der Waals surface area contributed by atoms with Gasteiger partial charge in [0.2, 0.25) is 0 Å². The van der Waals surface area contributed by atoms with Crippen molar-refractivity contribution in [3.05, 3.63) is 41.5 Å². The van der Waals surface area contributed by atoms with Gasteiger partial charge < -0.3 is 10.2 Å². The molecule has 0 aliphatic carbocycles. The monoisotopic (exact) mass is 286 g/mol. The summed E-state index contributed by atoms with van der Waals surface area (Å²) in [5, 5.41) is 22.8. The van der Waals surface area contributed by atoms with Crippen LogP contribution < -0.4 is 0 Å². The molecule has 0 amide bonds. The molecule has 0 aliphatic rings. The van der Waals surface area contributed by atoms with Crippen LogP contribution in [-0.4, -0.2) is 10.2 Å². The SMILES string of the molecule is CCCCc1c(C(O)CC(C)C)cc(O)c2ccccc12. The number of phenols is 1. The third-order valence-electron chi connectivity index (χ3n) is 4.00. The lowest BCUT2D eigenvalue weighted by Gasteiger charge is -2.20. The molecule has 1 atom stereocenters. The van der Waals surface area contributed by atoms with E-state index < -0.39 is 6.10 Å². The summed E-state index contributed by atoms with van der Waals surface area (Å²) in [5.74, 6) is 0.691. The Hall–Kier alpha value is -1.54. The molecule has 2 heteroatoms. The number of aliphatic hydroxyl groups excluding tert-OH is 1. The Kier molecular flexibility index (Phi) is 5.24. The molecule has 21 heavy (non-hydrogen) atoms. The van der Waals surface area contributed by atoms with Crippen LogP contribution in [0.4, 0.5) is 0 Å². The number of hydrogen-bond acceptors (Lipinski definition) is 2. The molecule has 0 saturated heterocycles. The minimum Gasteiger partial charge on any atom is -0.507 e. The van der Waals surface area contributed by atoms with Gasteiger partial charge in [-0.3, -0.25) is 0 Å². The van der Waals surface area contributed by atoms with Crippen molar-refractivity contribution >= 4 is 10.8 Å². The van der Waals surface area contributed by atoms with Crippen molar-refractivity contribution in [2.24, 2.45) is 5.92 Å². The van der Waals surface area contributed by atoms with Crippen LogP contribution in [0.5, 0.6) is 5.75 Å². The van der Waals surface area contributed by atoms with Gasteiger partial charge in [-0.25, -0.2) is 0 Å². The van der Waals surface area contributed by atoms with E-state index in [0.717, 1.165) is 42.0 Å². The first-order valence-corrected chi connectivity index (χ1v) is 7.96. The first-order chi connectivity index (χ1) is 10.0. The molecule has 0 fully saturated rings. The Morgan fingerprint density at radius 1 is 1.10 bits per heavy atom.